The highest BCUT2D eigenvalue weighted by atomic mass is 32.1. The van der Waals surface area contributed by atoms with Gasteiger partial charge >= 0.3 is 6.18 Å². The number of halogens is 3. The third kappa shape index (κ3) is 3.91. The van der Waals surface area contributed by atoms with Crippen LogP contribution in [0.1, 0.15) is 18.1 Å². The van der Waals surface area contributed by atoms with E-state index >= 15 is 0 Å². The number of rotatable bonds is 4. The number of H-pyrrole nitrogens is 1. The molecule has 0 fully saturated rings. The summed E-state index contributed by atoms with van der Waals surface area (Å²) in [4.78, 5) is 19.5. The predicted molar refractivity (Wildman–Crippen MR) is 119 cm³/mol. The van der Waals surface area contributed by atoms with E-state index in [1.54, 1.807) is 55.5 Å². The third-order valence-corrected chi connectivity index (χ3v) is 5.21. The standard InChI is InChI=1S/C23H18F3N3O2S/c1-3-31-18-7-5-4-6-17(18)29-20-19(21(30)28-22(29)32)15(23(24,25)26)12-16(27-20)14-10-8-13(2)9-11-14/h4-12H,3H2,1-2H3,(H,28,30,32). The van der Waals surface area contributed by atoms with Gasteiger partial charge in [0, 0.05) is 5.56 Å². The van der Waals surface area contributed by atoms with Gasteiger partial charge < -0.3 is 4.74 Å². The molecular weight excluding hydrogens is 439 g/mol. The highest BCUT2D eigenvalue weighted by molar-refractivity contribution is 7.71. The molecule has 5 nitrogen and oxygen atoms in total. The molecule has 2 heterocycles. The maximum absolute atomic E-state index is 14.1. The van der Waals surface area contributed by atoms with Crippen molar-refractivity contribution in [3.63, 3.8) is 0 Å². The second kappa shape index (κ2) is 8.23. The first-order valence-electron chi connectivity index (χ1n) is 9.77. The van der Waals surface area contributed by atoms with Crippen LogP contribution in [0.4, 0.5) is 13.2 Å². The Balaban J connectivity index is 2.17. The van der Waals surface area contributed by atoms with Crippen molar-refractivity contribution in [2.75, 3.05) is 6.61 Å². The molecule has 4 aromatic rings. The van der Waals surface area contributed by atoms with E-state index in [0.29, 0.717) is 23.6 Å². The van der Waals surface area contributed by atoms with Crippen molar-refractivity contribution in [1.82, 2.24) is 14.5 Å². The molecule has 0 unspecified atom stereocenters. The normalized spacial score (nSPS) is 11.7. The summed E-state index contributed by atoms with van der Waals surface area (Å²) in [5.74, 6) is 0.399. The summed E-state index contributed by atoms with van der Waals surface area (Å²) in [5, 5.41) is -0.590. The molecule has 0 atom stereocenters. The summed E-state index contributed by atoms with van der Waals surface area (Å²) in [6.45, 7) is 4.00. The van der Waals surface area contributed by atoms with Crippen LogP contribution >= 0.6 is 12.2 Å². The Morgan fingerprint density at radius 1 is 1.12 bits per heavy atom. The summed E-state index contributed by atoms with van der Waals surface area (Å²) in [7, 11) is 0. The van der Waals surface area contributed by atoms with Crippen molar-refractivity contribution >= 4 is 23.3 Å². The van der Waals surface area contributed by atoms with E-state index in [1.165, 1.54) is 4.57 Å². The number of nitrogens with zero attached hydrogens (tertiary/aromatic N) is 2. The van der Waals surface area contributed by atoms with Gasteiger partial charge in [-0.3, -0.25) is 14.3 Å². The molecule has 0 spiro atoms. The summed E-state index contributed by atoms with van der Waals surface area (Å²) in [6, 6.07) is 14.6. The molecular formula is C23H18F3N3O2S. The Hall–Kier alpha value is -3.46. The highest BCUT2D eigenvalue weighted by Crippen LogP contribution is 2.36. The fourth-order valence-electron chi connectivity index (χ4n) is 3.47. The molecule has 0 saturated carbocycles. The second-order valence-corrected chi connectivity index (χ2v) is 7.50. The van der Waals surface area contributed by atoms with Crippen LogP contribution in [0.3, 0.4) is 0 Å². The molecule has 0 saturated heterocycles. The second-order valence-electron chi connectivity index (χ2n) is 7.11. The molecule has 0 amide bonds. The number of ether oxygens (including phenoxy) is 1. The molecule has 0 aliphatic carbocycles. The molecule has 2 aromatic heterocycles. The Kier molecular flexibility index (Phi) is 5.60. The van der Waals surface area contributed by atoms with Crippen LogP contribution in [0.25, 0.3) is 28.0 Å². The number of para-hydroxylation sites is 2. The van der Waals surface area contributed by atoms with E-state index in [0.717, 1.165) is 11.6 Å². The Labute approximate surface area is 186 Å². The molecule has 0 aliphatic heterocycles. The average molecular weight is 457 g/mol. The van der Waals surface area contributed by atoms with E-state index in [4.69, 9.17) is 17.0 Å². The molecule has 0 bridgehead atoms. The first-order chi connectivity index (χ1) is 15.2. The fraction of sp³-hybridized carbons (Fsp3) is 0.174. The van der Waals surface area contributed by atoms with Crippen molar-refractivity contribution in [3.05, 3.63) is 80.8 Å². The topological polar surface area (TPSA) is 59.9 Å². The minimum atomic E-state index is -4.78. The Bertz CT molecular complexity index is 1420. The first-order valence-corrected chi connectivity index (χ1v) is 10.2. The maximum Gasteiger partial charge on any atom is 0.417 e. The van der Waals surface area contributed by atoms with Gasteiger partial charge in [0.1, 0.15) is 5.75 Å². The quantitative estimate of drug-likeness (QED) is 0.392. The van der Waals surface area contributed by atoms with Gasteiger partial charge in [-0.2, -0.15) is 13.2 Å². The number of hydrogen-bond acceptors (Lipinski definition) is 4. The number of aromatic nitrogens is 3. The molecule has 32 heavy (non-hydrogen) atoms. The van der Waals surface area contributed by atoms with Crippen molar-refractivity contribution in [2.24, 2.45) is 0 Å². The van der Waals surface area contributed by atoms with Gasteiger partial charge in [-0.15, -0.1) is 0 Å². The zero-order chi connectivity index (χ0) is 23.0. The van der Waals surface area contributed by atoms with Crippen LogP contribution in [-0.2, 0) is 6.18 Å². The predicted octanol–water partition coefficient (Wildman–Crippen LogP) is 5.84. The smallest absolute Gasteiger partial charge is 0.417 e. The van der Waals surface area contributed by atoms with Gasteiger partial charge in [0.15, 0.2) is 10.4 Å². The molecule has 1 N–H and O–H groups in total. The Morgan fingerprint density at radius 2 is 1.81 bits per heavy atom. The van der Waals surface area contributed by atoms with Gasteiger partial charge in [-0.25, -0.2) is 4.98 Å². The number of alkyl halides is 3. The summed E-state index contributed by atoms with van der Waals surface area (Å²) < 4.78 is 49.0. The first kappa shape index (κ1) is 21.8. The van der Waals surface area contributed by atoms with E-state index in [-0.39, 0.29) is 16.1 Å². The zero-order valence-corrected chi connectivity index (χ0v) is 18.0. The number of aryl methyl sites for hydroxylation is 1. The number of aromatic amines is 1. The van der Waals surface area contributed by atoms with Crippen molar-refractivity contribution in [2.45, 2.75) is 20.0 Å². The van der Waals surface area contributed by atoms with Crippen LogP contribution < -0.4 is 10.3 Å². The summed E-state index contributed by atoms with van der Waals surface area (Å²) in [5.41, 5.74) is -0.345. The monoisotopic (exact) mass is 457 g/mol. The lowest BCUT2D eigenvalue weighted by Gasteiger charge is -2.18. The molecule has 0 aliphatic rings. The number of nitrogens with one attached hydrogen (secondary N) is 1. The van der Waals surface area contributed by atoms with Gasteiger partial charge in [-0.05, 0) is 44.3 Å². The summed E-state index contributed by atoms with van der Waals surface area (Å²) >= 11 is 5.34. The van der Waals surface area contributed by atoms with Crippen molar-refractivity contribution < 1.29 is 17.9 Å². The summed E-state index contributed by atoms with van der Waals surface area (Å²) in [6.07, 6.45) is -4.78. The highest BCUT2D eigenvalue weighted by Gasteiger charge is 2.35. The largest absolute Gasteiger partial charge is 0.492 e. The molecule has 4 rings (SSSR count). The van der Waals surface area contributed by atoms with Gasteiger partial charge in [-0.1, -0.05) is 42.0 Å². The zero-order valence-electron chi connectivity index (χ0n) is 17.2. The van der Waals surface area contributed by atoms with E-state index in [1.807, 2.05) is 6.92 Å². The number of benzene rings is 2. The fourth-order valence-corrected chi connectivity index (χ4v) is 3.75. The van der Waals surface area contributed by atoms with Crippen molar-refractivity contribution in [1.29, 1.82) is 0 Å². The number of pyridine rings is 1. The molecule has 9 heteroatoms. The van der Waals surface area contributed by atoms with Crippen LogP contribution in [0, 0.1) is 11.7 Å². The van der Waals surface area contributed by atoms with Gasteiger partial charge in [0.2, 0.25) is 0 Å². The van der Waals surface area contributed by atoms with E-state index < -0.39 is 22.7 Å². The van der Waals surface area contributed by atoms with Crippen LogP contribution in [0.5, 0.6) is 5.75 Å². The SMILES string of the molecule is CCOc1ccccc1-n1c(=S)[nH]c(=O)c2c(C(F)(F)F)cc(-c3ccc(C)cc3)nc21. The third-order valence-electron chi connectivity index (χ3n) is 4.92. The average Bonchev–Trinajstić information content (AvgIpc) is 2.74. The number of hydrogen-bond donors (Lipinski definition) is 1. The Morgan fingerprint density at radius 3 is 2.47 bits per heavy atom. The minimum Gasteiger partial charge on any atom is -0.492 e. The maximum atomic E-state index is 14.1. The molecule has 2 aromatic carbocycles. The lowest BCUT2D eigenvalue weighted by atomic mass is 10.0. The van der Waals surface area contributed by atoms with E-state index in [9.17, 15) is 18.0 Å². The van der Waals surface area contributed by atoms with Crippen LogP contribution in [0.2, 0.25) is 0 Å². The molecule has 0 radical (unpaired) electrons. The van der Waals surface area contributed by atoms with Gasteiger partial charge in [0.25, 0.3) is 5.56 Å². The van der Waals surface area contributed by atoms with Gasteiger partial charge in [0.05, 0.1) is 28.9 Å². The lowest BCUT2D eigenvalue weighted by Crippen LogP contribution is -2.20. The molecule has 164 valence electrons. The van der Waals surface area contributed by atoms with E-state index in [2.05, 4.69) is 9.97 Å². The van der Waals surface area contributed by atoms with Crippen molar-refractivity contribution in [3.8, 4) is 22.7 Å². The number of fused-ring (bicyclic) bond motifs is 1. The minimum absolute atomic E-state index is 0.0764. The lowest BCUT2D eigenvalue weighted by molar-refractivity contribution is -0.136. The van der Waals surface area contributed by atoms with Crippen LogP contribution in [-0.4, -0.2) is 21.1 Å². The van der Waals surface area contributed by atoms with Crippen LogP contribution in [0.15, 0.2) is 59.4 Å².